The van der Waals surface area contributed by atoms with Crippen molar-refractivity contribution < 1.29 is 14.3 Å². The second-order valence-corrected chi connectivity index (χ2v) is 11.3. The molecule has 5 rings (SSSR count). The van der Waals surface area contributed by atoms with Gasteiger partial charge in [0.1, 0.15) is 11.9 Å². The minimum absolute atomic E-state index is 0.00323. The first kappa shape index (κ1) is 28.0. The molecule has 2 amide bonds. The Morgan fingerprint density at radius 2 is 1.90 bits per heavy atom. The van der Waals surface area contributed by atoms with Crippen molar-refractivity contribution in [3.05, 3.63) is 69.3 Å². The van der Waals surface area contributed by atoms with Crippen molar-refractivity contribution in [1.29, 1.82) is 0 Å². The number of aromatic nitrogens is 2. The summed E-state index contributed by atoms with van der Waals surface area (Å²) in [4.78, 5) is 45.0. The summed E-state index contributed by atoms with van der Waals surface area (Å²) in [5, 5.41) is 6.22. The number of piperidine rings is 2. The minimum Gasteiger partial charge on any atom is -0.380 e. The molecule has 1 aromatic heterocycles. The summed E-state index contributed by atoms with van der Waals surface area (Å²) in [6, 6.07) is 11.3. The molecule has 0 radical (unpaired) electrons. The Kier molecular flexibility index (Phi) is 8.05. The van der Waals surface area contributed by atoms with Gasteiger partial charge in [-0.15, -0.1) is 0 Å². The van der Waals surface area contributed by atoms with Crippen molar-refractivity contribution in [3.63, 3.8) is 0 Å². The number of amides is 2. The van der Waals surface area contributed by atoms with Crippen molar-refractivity contribution >= 4 is 28.4 Å². The van der Waals surface area contributed by atoms with E-state index in [0.29, 0.717) is 29.0 Å². The van der Waals surface area contributed by atoms with E-state index < -0.39 is 11.9 Å². The van der Waals surface area contributed by atoms with Gasteiger partial charge in [0.15, 0.2) is 0 Å². The SMILES string of the molecule is CCOC1(C)CCN(Cc2ccc(CNc3cccc4nc(C)n(C5CCC(=O)NC5=O)c(=O)c34)cc2C)CC1. The Morgan fingerprint density at radius 3 is 2.60 bits per heavy atom. The van der Waals surface area contributed by atoms with Crippen LogP contribution in [-0.2, 0) is 27.4 Å². The molecular formula is C31H39N5O4. The summed E-state index contributed by atoms with van der Waals surface area (Å²) in [6.07, 6.45) is 2.57. The number of carbonyl (C=O) groups is 2. The van der Waals surface area contributed by atoms with Gasteiger partial charge in [0.2, 0.25) is 11.8 Å². The van der Waals surface area contributed by atoms with E-state index in [9.17, 15) is 14.4 Å². The summed E-state index contributed by atoms with van der Waals surface area (Å²) in [6.45, 7) is 12.4. The predicted molar refractivity (Wildman–Crippen MR) is 155 cm³/mol. The average molecular weight is 546 g/mol. The second-order valence-electron chi connectivity index (χ2n) is 11.3. The molecule has 9 nitrogen and oxygen atoms in total. The number of anilines is 1. The van der Waals surface area contributed by atoms with Crippen LogP contribution in [0.5, 0.6) is 0 Å². The molecule has 0 saturated carbocycles. The maximum absolute atomic E-state index is 13.7. The largest absolute Gasteiger partial charge is 0.380 e. The van der Waals surface area contributed by atoms with Gasteiger partial charge in [-0.25, -0.2) is 4.98 Å². The zero-order chi connectivity index (χ0) is 28.4. The van der Waals surface area contributed by atoms with Gasteiger partial charge >= 0.3 is 0 Å². The van der Waals surface area contributed by atoms with E-state index in [2.05, 4.69) is 59.5 Å². The van der Waals surface area contributed by atoms with E-state index in [-0.39, 0.29) is 29.9 Å². The van der Waals surface area contributed by atoms with Crippen LogP contribution in [0.3, 0.4) is 0 Å². The number of nitrogens with zero attached hydrogens (tertiary/aromatic N) is 3. The number of benzene rings is 2. The van der Waals surface area contributed by atoms with Crippen LogP contribution in [0, 0.1) is 13.8 Å². The smallest absolute Gasteiger partial charge is 0.264 e. The molecule has 212 valence electrons. The van der Waals surface area contributed by atoms with Gasteiger partial charge < -0.3 is 10.1 Å². The lowest BCUT2D eigenvalue weighted by atomic mass is 9.92. The molecular weight excluding hydrogens is 506 g/mol. The van der Waals surface area contributed by atoms with Crippen molar-refractivity contribution in [1.82, 2.24) is 19.8 Å². The van der Waals surface area contributed by atoms with Gasteiger partial charge in [-0.3, -0.25) is 29.2 Å². The van der Waals surface area contributed by atoms with Crippen LogP contribution in [0.15, 0.2) is 41.2 Å². The lowest BCUT2D eigenvalue weighted by molar-refractivity contribution is -0.135. The summed E-state index contributed by atoms with van der Waals surface area (Å²) in [5.41, 5.74) is 4.64. The number of hydrogen-bond donors (Lipinski definition) is 2. The van der Waals surface area contributed by atoms with Gasteiger partial charge in [0.25, 0.3) is 5.56 Å². The van der Waals surface area contributed by atoms with Gasteiger partial charge in [0, 0.05) is 44.9 Å². The molecule has 40 heavy (non-hydrogen) atoms. The van der Waals surface area contributed by atoms with E-state index in [0.717, 1.165) is 44.6 Å². The van der Waals surface area contributed by atoms with Crippen LogP contribution in [0.4, 0.5) is 5.69 Å². The quantitative estimate of drug-likeness (QED) is 0.412. The number of nitrogens with one attached hydrogen (secondary N) is 2. The van der Waals surface area contributed by atoms with Gasteiger partial charge in [-0.05, 0) is 75.8 Å². The molecule has 0 aliphatic carbocycles. The van der Waals surface area contributed by atoms with E-state index in [1.54, 1.807) is 13.0 Å². The summed E-state index contributed by atoms with van der Waals surface area (Å²) < 4.78 is 7.39. The first-order valence-corrected chi connectivity index (χ1v) is 14.2. The molecule has 2 aliphatic rings. The number of fused-ring (bicyclic) bond motifs is 1. The number of rotatable bonds is 8. The summed E-state index contributed by atoms with van der Waals surface area (Å²) in [7, 11) is 0. The third-order valence-corrected chi connectivity index (χ3v) is 8.32. The molecule has 1 atom stereocenters. The molecule has 2 aromatic carbocycles. The first-order chi connectivity index (χ1) is 19.2. The van der Waals surface area contributed by atoms with Crippen LogP contribution < -0.4 is 16.2 Å². The predicted octanol–water partition coefficient (Wildman–Crippen LogP) is 3.99. The van der Waals surface area contributed by atoms with Gasteiger partial charge in [0.05, 0.1) is 16.5 Å². The van der Waals surface area contributed by atoms with Crippen LogP contribution in [0.25, 0.3) is 10.9 Å². The first-order valence-electron chi connectivity index (χ1n) is 14.2. The molecule has 3 heterocycles. The van der Waals surface area contributed by atoms with E-state index in [1.807, 2.05) is 12.1 Å². The highest BCUT2D eigenvalue weighted by molar-refractivity contribution is 5.99. The van der Waals surface area contributed by atoms with Crippen LogP contribution in [0.2, 0.25) is 0 Å². The van der Waals surface area contributed by atoms with Crippen molar-refractivity contribution in [3.8, 4) is 0 Å². The second kappa shape index (κ2) is 11.5. The maximum atomic E-state index is 13.7. The third-order valence-electron chi connectivity index (χ3n) is 8.32. The minimum atomic E-state index is -0.752. The number of hydrogen-bond acceptors (Lipinski definition) is 7. The Labute approximate surface area is 234 Å². The number of likely N-dealkylation sites (tertiary alicyclic amines) is 1. The van der Waals surface area contributed by atoms with Gasteiger partial charge in [-0.2, -0.15) is 0 Å². The molecule has 2 N–H and O–H groups in total. The zero-order valence-corrected chi connectivity index (χ0v) is 23.9. The molecule has 2 aliphatic heterocycles. The zero-order valence-electron chi connectivity index (χ0n) is 23.9. The Balaban J connectivity index is 1.31. The molecule has 0 spiro atoms. The summed E-state index contributed by atoms with van der Waals surface area (Å²) in [5.74, 6) is -0.326. The fourth-order valence-corrected chi connectivity index (χ4v) is 5.96. The van der Waals surface area contributed by atoms with Crippen molar-refractivity contribution in [2.24, 2.45) is 0 Å². The molecule has 9 heteroatoms. The normalized spacial score (nSPS) is 19.6. The third kappa shape index (κ3) is 5.81. The van der Waals surface area contributed by atoms with Crippen LogP contribution in [0.1, 0.15) is 68.1 Å². The van der Waals surface area contributed by atoms with Crippen molar-refractivity contribution in [2.45, 2.75) is 78.1 Å². The molecule has 3 aromatic rings. The summed E-state index contributed by atoms with van der Waals surface area (Å²) >= 11 is 0. The van der Waals surface area contributed by atoms with E-state index >= 15 is 0 Å². The number of imide groups is 1. The Bertz CT molecular complexity index is 1490. The van der Waals surface area contributed by atoms with Gasteiger partial charge in [-0.1, -0.05) is 24.3 Å². The highest BCUT2D eigenvalue weighted by Gasteiger charge is 2.31. The average Bonchev–Trinajstić information content (AvgIpc) is 2.91. The molecule has 0 bridgehead atoms. The van der Waals surface area contributed by atoms with Crippen LogP contribution >= 0.6 is 0 Å². The lowest BCUT2D eigenvalue weighted by Gasteiger charge is -2.39. The fourth-order valence-electron chi connectivity index (χ4n) is 5.96. The Hall–Kier alpha value is -3.56. The van der Waals surface area contributed by atoms with Crippen molar-refractivity contribution in [2.75, 3.05) is 25.0 Å². The number of ether oxygens (including phenoxy) is 1. The monoisotopic (exact) mass is 545 g/mol. The lowest BCUT2D eigenvalue weighted by Crippen LogP contribution is -2.45. The fraction of sp³-hybridized carbons (Fsp3) is 0.484. The Morgan fingerprint density at radius 1 is 1.12 bits per heavy atom. The highest BCUT2D eigenvalue weighted by Crippen LogP contribution is 2.28. The number of carbonyl (C=O) groups excluding carboxylic acids is 2. The highest BCUT2D eigenvalue weighted by atomic mass is 16.5. The van der Waals surface area contributed by atoms with E-state index in [1.165, 1.54) is 15.7 Å². The molecule has 2 saturated heterocycles. The molecule has 1 unspecified atom stereocenters. The number of aryl methyl sites for hydroxylation is 2. The van der Waals surface area contributed by atoms with E-state index in [4.69, 9.17) is 4.74 Å². The molecule has 2 fully saturated rings. The standard InChI is InChI=1S/C31H39N5O4/c1-5-40-31(4)13-15-35(16-14-31)19-23-10-9-22(17-20(23)2)18-32-24-7-6-8-25-28(24)30(39)36(21(3)33-25)26-11-12-27(37)34-29(26)38/h6-10,17,26,32H,5,11-16,18-19H2,1-4H3,(H,34,37,38). The van der Waals surface area contributed by atoms with Crippen LogP contribution in [-0.4, -0.2) is 51.6 Å². The maximum Gasteiger partial charge on any atom is 0.264 e. The topological polar surface area (TPSA) is 106 Å².